The highest BCUT2D eigenvalue weighted by molar-refractivity contribution is 7.89. The van der Waals surface area contributed by atoms with Crippen molar-refractivity contribution in [2.45, 2.75) is 31.6 Å². The van der Waals surface area contributed by atoms with Crippen LogP contribution in [0, 0.1) is 36.5 Å². The van der Waals surface area contributed by atoms with Crippen LogP contribution in [0.25, 0.3) is 10.2 Å². The summed E-state index contributed by atoms with van der Waals surface area (Å²) in [5.41, 5.74) is 3.28. The molecule has 10 heteroatoms. The maximum absolute atomic E-state index is 12.9. The van der Waals surface area contributed by atoms with Crippen molar-refractivity contribution in [3.05, 3.63) is 53.1 Å². The summed E-state index contributed by atoms with van der Waals surface area (Å²) in [7, 11) is -3.88. The van der Waals surface area contributed by atoms with E-state index in [1.54, 1.807) is 0 Å². The van der Waals surface area contributed by atoms with Gasteiger partial charge in [0.1, 0.15) is 0 Å². The van der Waals surface area contributed by atoms with Crippen molar-refractivity contribution in [3.63, 3.8) is 0 Å². The molecule has 3 rings (SSSR count). The Kier molecular flexibility index (Phi) is 7.21. The van der Waals surface area contributed by atoms with E-state index in [1.807, 2.05) is 38.1 Å². The minimum atomic E-state index is -3.88. The number of aromatic nitrogens is 1. The standard InChI is InChI=1S/C22H21N5O3S2/c1-15-13-16(2)20-19(14-15)31-22(25-20)26-21(28)17-5-7-18(8-6-17)32(29,30)27(11-3-9-23)12-4-10-24/h5-8,13-14H,3-4,11-12H2,1-2H3,(H,25,26,28). The number of thiazole rings is 1. The molecule has 0 atom stereocenters. The molecule has 0 aliphatic carbocycles. The Bertz CT molecular complexity index is 1310. The zero-order valence-corrected chi connectivity index (χ0v) is 19.3. The van der Waals surface area contributed by atoms with Crippen LogP contribution in [-0.2, 0) is 10.0 Å². The van der Waals surface area contributed by atoms with Crippen LogP contribution in [0.1, 0.15) is 34.3 Å². The fourth-order valence-electron chi connectivity index (χ4n) is 3.22. The molecule has 0 unspecified atom stereocenters. The Morgan fingerprint density at radius 1 is 1.09 bits per heavy atom. The summed E-state index contributed by atoms with van der Waals surface area (Å²) in [4.78, 5) is 17.1. The molecule has 2 aromatic carbocycles. The van der Waals surface area contributed by atoms with Crippen LogP contribution < -0.4 is 5.32 Å². The van der Waals surface area contributed by atoms with Crippen LogP contribution in [0.15, 0.2) is 41.3 Å². The Morgan fingerprint density at radius 2 is 1.72 bits per heavy atom. The van der Waals surface area contributed by atoms with Crippen LogP contribution in [0.4, 0.5) is 5.13 Å². The van der Waals surface area contributed by atoms with Crippen molar-refractivity contribution >= 4 is 42.6 Å². The lowest BCUT2D eigenvalue weighted by molar-refractivity contribution is 0.102. The molecule has 0 fully saturated rings. The van der Waals surface area contributed by atoms with Gasteiger partial charge in [-0.25, -0.2) is 13.4 Å². The van der Waals surface area contributed by atoms with E-state index in [0.717, 1.165) is 25.6 Å². The molecular weight excluding hydrogens is 446 g/mol. The first-order chi connectivity index (χ1) is 15.3. The molecule has 0 saturated carbocycles. The number of sulfonamides is 1. The molecular formula is C22H21N5O3S2. The topological polar surface area (TPSA) is 127 Å². The van der Waals surface area contributed by atoms with E-state index in [-0.39, 0.29) is 36.4 Å². The Labute approximate surface area is 190 Å². The highest BCUT2D eigenvalue weighted by Gasteiger charge is 2.24. The zero-order valence-electron chi connectivity index (χ0n) is 17.6. The number of carbonyl (C=O) groups excluding carboxylic acids is 1. The van der Waals surface area contributed by atoms with Gasteiger partial charge in [0.15, 0.2) is 5.13 Å². The normalized spacial score (nSPS) is 11.3. The third kappa shape index (κ3) is 5.11. The van der Waals surface area contributed by atoms with Crippen LogP contribution in [0.2, 0.25) is 0 Å². The molecule has 0 aliphatic heterocycles. The minimum Gasteiger partial charge on any atom is -0.298 e. The summed E-state index contributed by atoms with van der Waals surface area (Å²) in [6, 6.07) is 13.4. The van der Waals surface area contributed by atoms with Crippen LogP contribution in [0.3, 0.4) is 0 Å². The number of carbonyl (C=O) groups is 1. The number of amides is 1. The van der Waals surface area contributed by atoms with Crippen molar-refractivity contribution in [2.24, 2.45) is 0 Å². The molecule has 1 amide bonds. The molecule has 164 valence electrons. The lowest BCUT2D eigenvalue weighted by Crippen LogP contribution is -2.32. The van der Waals surface area contributed by atoms with E-state index in [0.29, 0.717) is 5.13 Å². The summed E-state index contributed by atoms with van der Waals surface area (Å²) >= 11 is 1.38. The van der Waals surface area contributed by atoms with Gasteiger partial charge in [-0.05, 0) is 55.3 Å². The van der Waals surface area contributed by atoms with Gasteiger partial charge in [-0.15, -0.1) is 0 Å². The Balaban J connectivity index is 1.78. The van der Waals surface area contributed by atoms with Crippen molar-refractivity contribution in [1.29, 1.82) is 10.5 Å². The van der Waals surface area contributed by atoms with E-state index in [1.165, 1.54) is 35.6 Å². The van der Waals surface area contributed by atoms with E-state index in [4.69, 9.17) is 10.5 Å². The quantitative estimate of drug-likeness (QED) is 0.534. The number of aryl methyl sites for hydroxylation is 2. The van der Waals surface area contributed by atoms with E-state index in [9.17, 15) is 13.2 Å². The molecule has 32 heavy (non-hydrogen) atoms. The van der Waals surface area contributed by atoms with Gasteiger partial charge in [0.05, 0.1) is 27.3 Å². The second-order valence-electron chi connectivity index (χ2n) is 7.15. The monoisotopic (exact) mass is 467 g/mol. The molecule has 1 heterocycles. The minimum absolute atomic E-state index is 0.000746. The lowest BCUT2D eigenvalue weighted by Gasteiger charge is -2.20. The van der Waals surface area contributed by atoms with Gasteiger partial charge in [-0.3, -0.25) is 10.1 Å². The van der Waals surface area contributed by atoms with Gasteiger partial charge in [-0.1, -0.05) is 17.4 Å². The fraction of sp³-hybridized carbons (Fsp3) is 0.273. The first-order valence-electron chi connectivity index (χ1n) is 9.79. The van der Waals surface area contributed by atoms with Crippen LogP contribution >= 0.6 is 11.3 Å². The number of fused-ring (bicyclic) bond motifs is 1. The summed E-state index contributed by atoms with van der Waals surface area (Å²) in [6.07, 6.45) is 0.0403. The zero-order chi connectivity index (χ0) is 23.3. The summed E-state index contributed by atoms with van der Waals surface area (Å²) in [6.45, 7) is 3.97. The van der Waals surface area contributed by atoms with E-state index in [2.05, 4.69) is 10.3 Å². The third-order valence-electron chi connectivity index (χ3n) is 4.75. The predicted molar refractivity (Wildman–Crippen MR) is 123 cm³/mol. The molecule has 1 aromatic heterocycles. The number of benzene rings is 2. The first kappa shape index (κ1) is 23.4. The predicted octanol–water partition coefficient (Wildman–Crippen LogP) is 3.98. The number of nitrogens with zero attached hydrogens (tertiary/aromatic N) is 4. The number of hydrogen-bond donors (Lipinski definition) is 1. The summed E-state index contributed by atoms with van der Waals surface area (Å²) in [5.74, 6) is -0.395. The molecule has 0 aliphatic rings. The van der Waals surface area contributed by atoms with Gasteiger partial charge < -0.3 is 0 Å². The second kappa shape index (κ2) is 9.88. The number of rotatable bonds is 8. The van der Waals surface area contributed by atoms with Gasteiger partial charge >= 0.3 is 0 Å². The van der Waals surface area contributed by atoms with Gasteiger partial charge in [0.25, 0.3) is 5.91 Å². The molecule has 0 saturated heterocycles. The van der Waals surface area contributed by atoms with Crippen molar-refractivity contribution in [1.82, 2.24) is 9.29 Å². The SMILES string of the molecule is Cc1cc(C)c2nc(NC(=O)c3ccc(S(=O)(=O)N(CCC#N)CCC#N)cc3)sc2c1. The summed E-state index contributed by atoms with van der Waals surface area (Å²) < 4.78 is 27.8. The Morgan fingerprint density at radius 3 is 2.31 bits per heavy atom. The van der Waals surface area contributed by atoms with Crippen molar-refractivity contribution in [2.75, 3.05) is 18.4 Å². The van der Waals surface area contributed by atoms with Gasteiger partial charge in [0.2, 0.25) is 10.0 Å². The molecule has 1 N–H and O–H groups in total. The first-order valence-corrected chi connectivity index (χ1v) is 12.0. The maximum Gasteiger partial charge on any atom is 0.257 e. The van der Waals surface area contributed by atoms with Crippen LogP contribution in [0.5, 0.6) is 0 Å². The maximum atomic E-state index is 12.9. The number of anilines is 1. The average molecular weight is 468 g/mol. The second-order valence-corrected chi connectivity index (χ2v) is 10.1. The number of hydrogen-bond acceptors (Lipinski definition) is 7. The van der Waals surface area contributed by atoms with Gasteiger partial charge in [0, 0.05) is 31.5 Å². The molecule has 3 aromatic rings. The van der Waals surface area contributed by atoms with E-state index < -0.39 is 15.9 Å². The number of nitrogens with one attached hydrogen (secondary N) is 1. The highest BCUT2D eigenvalue weighted by Crippen LogP contribution is 2.29. The molecule has 0 spiro atoms. The van der Waals surface area contributed by atoms with Crippen LogP contribution in [-0.4, -0.2) is 36.7 Å². The van der Waals surface area contributed by atoms with Crippen molar-refractivity contribution in [3.8, 4) is 12.1 Å². The van der Waals surface area contributed by atoms with E-state index >= 15 is 0 Å². The summed E-state index contributed by atoms with van der Waals surface area (Å²) in [5, 5.41) is 20.8. The number of nitriles is 2. The molecule has 0 bridgehead atoms. The highest BCUT2D eigenvalue weighted by atomic mass is 32.2. The van der Waals surface area contributed by atoms with Crippen molar-refractivity contribution < 1.29 is 13.2 Å². The molecule has 8 nitrogen and oxygen atoms in total. The smallest absolute Gasteiger partial charge is 0.257 e. The Hall–Kier alpha value is -3.31. The third-order valence-corrected chi connectivity index (χ3v) is 7.58. The fourth-order valence-corrected chi connectivity index (χ4v) is 5.70. The molecule has 0 radical (unpaired) electrons. The van der Waals surface area contributed by atoms with Gasteiger partial charge in [-0.2, -0.15) is 14.8 Å². The lowest BCUT2D eigenvalue weighted by atomic mass is 10.1. The largest absolute Gasteiger partial charge is 0.298 e. The average Bonchev–Trinajstić information content (AvgIpc) is 3.16.